The minimum atomic E-state index is -3.50. The zero-order valence-corrected chi connectivity index (χ0v) is 16.9. The molecule has 146 valence electrons. The van der Waals surface area contributed by atoms with Gasteiger partial charge in [-0.25, -0.2) is 18.2 Å². The molecule has 0 radical (unpaired) electrons. The van der Waals surface area contributed by atoms with Crippen molar-refractivity contribution in [3.8, 4) is 0 Å². The first-order valence-corrected chi connectivity index (χ1v) is 11.1. The highest BCUT2D eigenvalue weighted by atomic mass is 32.2. The molecule has 0 saturated carbocycles. The Morgan fingerprint density at radius 3 is 2.41 bits per heavy atom. The highest BCUT2D eigenvalue weighted by molar-refractivity contribution is 7.98. The van der Waals surface area contributed by atoms with Gasteiger partial charge in [-0.1, -0.05) is 6.42 Å². The Kier molecular flexibility index (Phi) is 5.87. The van der Waals surface area contributed by atoms with E-state index in [1.807, 2.05) is 0 Å². The predicted octanol–water partition coefficient (Wildman–Crippen LogP) is 0.946. The van der Waals surface area contributed by atoms with Crippen molar-refractivity contribution < 1.29 is 8.42 Å². The number of hydrogen-bond donors (Lipinski definition) is 0. The highest BCUT2D eigenvalue weighted by Crippen LogP contribution is 2.23. The van der Waals surface area contributed by atoms with Crippen LogP contribution in [0.4, 0.5) is 0 Å². The van der Waals surface area contributed by atoms with Crippen LogP contribution in [0.1, 0.15) is 25.0 Å². The lowest BCUT2D eigenvalue weighted by Crippen LogP contribution is -2.37. The van der Waals surface area contributed by atoms with Gasteiger partial charge in [0.15, 0.2) is 0 Å². The second-order valence-corrected chi connectivity index (χ2v) is 9.39. The van der Waals surface area contributed by atoms with Crippen LogP contribution in [0.25, 0.3) is 0 Å². The van der Waals surface area contributed by atoms with E-state index in [1.165, 1.54) is 39.9 Å². The second-order valence-electron chi connectivity index (χ2n) is 6.46. The number of rotatable bonds is 5. The summed E-state index contributed by atoms with van der Waals surface area (Å²) in [7, 11) is -0.451. The standard InChI is InChI=1S/C17H22N4O4S2/c1-19-13(10-16(22)20(2)17(19)23)12-26-15-7-6-14(11-18-15)27(24,25)21-8-4-3-5-9-21/h6-7,10-11H,3-5,8-9,12H2,1-2H3. The number of thioether (sulfide) groups is 1. The molecule has 0 aromatic carbocycles. The van der Waals surface area contributed by atoms with Crippen LogP contribution < -0.4 is 11.2 Å². The van der Waals surface area contributed by atoms with E-state index in [4.69, 9.17) is 0 Å². The third-order valence-electron chi connectivity index (χ3n) is 4.66. The highest BCUT2D eigenvalue weighted by Gasteiger charge is 2.26. The number of pyridine rings is 1. The summed E-state index contributed by atoms with van der Waals surface area (Å²) in [6.07, 6.45) is 4.20. The average Bonchev–Trinajstić information content (AvgIpc) is 2.69. The fourth-order valence-electron chi connectivity index (χ4n) is 2.92. The van der Waals surface area contributed by atoms with Crippen molar-refractivity contribution in [2.45, 2.75) is 34.9 Å². The lowest BCUT2D eigenvalue weighted by atomic mass is 10.2. The van der Waals surface area contributed by atoms with Crippen molar-refractivity contribution in [1.29, 1.82) is 0 Å². The molecule has 0 aliphatic carbocycles. The van der Waals surface area contributed by atoms with Crippen LogP contribution in [0.15, 0.2) is 43.9 Å². The van der Waals surface area contributed by atoms with Crippen LogP contribution >= 0.6 is 11.8 Å². The SMILES string of the molecule is Cn1c(CSc2ccc(S(=O)(=O)N3CCCCC3)cn2)cc(=O)n(C)c1=O. The number of nitrogens with zero attached hydrogens (tertiary/aromatic N) is 4. The van der Waals surface area contributed by atoms with Crippen molar-refractivity contribution >= 4 is 21.8 Å². The fraction of sp³-hybridized carbons (Fsp3) is 0.471. The molecular formula is C17H22N4O4S2. The zero-order chi connectivity index (χ0) is 19.6. The summed E-state index contributed by atoms with van der Waals surface area (Å²) in [6.45, 7) is 1.10. The Morgan fingerprint density at radius 2 is 1.78 bits per heavy atom. The van der Waals surface area contributed by atoms with Crippen LogP contribution in [-0.2, 0) is 29.9 Å². The Labute approximate surface area is 161 Å². The van der Waals surface area contributed by atoms with Gasteiger partial charge in [0.05, 0.1) is 5.03 Å². The molecular weight excluding hydrogens is 388 g/mol. The molecule has 0 N–H and O–H groups in total. The molecule has 27 heavy (non-hydrogen) atoms. The first-order chi connectivity index (χ1) is 12.8. The molecule has 1 aliphatic heterocycles. The summed E-state index contributed by atoms with van der Waals surface area (Å²) < 4.78 is 29.2. The van der Waals surface area contributed by atoms with Gasteiger partial charge in [0.2, 0.25) is 10.0 Å². The van der Waals surface area contributed by atoms with Gasteiger partial charge in [-0.15, -0.1) is 11.8 Å². The molecule has 0 amide bonds. The summed E-state index contributed by atoms with van der Waals surface area (Å²) in [5, 5.41) is 0.626. The number of aromatic nitrogens is 3. The summed E-state index contributed by atoms with van der Waals surface area (Å²) in [6, 6.07) is 4.63. The van der Waals surface area contributed by atoms with Crippen molar-refractivity contribution in [2.24, 2.45) is 14.1 Å². The van der Waals surface area contributed by atoms with E-state index in [-0.39, 0.29) is 16.1 Å². The van der Waals surface area contributed by atoms with Gasteiger partial charge in [0, 0.05) is 50.9 Å². The summed E-state index contributed by atoms with van der Waals surface area (Å²) in [4.78, 5) is 28.2. The van der Waals surface area contributed by atoms with Crippen LogP contribution in [0.5, 0.6) is 0 Å². The zero-order valence-electron chi connectivity index (χ0n) is 15.3. The third-order valence-corrected chi connectivity index (χ3v) is 7.51. The van der Waals surface area contributed by atoms with E-state index in [0.717, 1.165) is 23.8 Å². The topological polar surface area (TPSA) is 94.3 Å². The van der Waals surface area contributed by atoms with Crippen LogP contribution in [0.3, 0.4) is 0 Å². The molecule has 8 nitrogen and oxygen atoms in total. The Hall–Kier alpha value is -1.91. The summed E-state index contributed by atoms with van der Waals surface area (Å²) in [5.41, 5.74) is -0.154. The molecule has 1 saturated heterocycles. The first kappa shape index (κ1) is 19.8. The number of sulfonamides is 1. The summed E-state index contributed by atoms with van der Waals surface area (Å²) >= 11 is 1.34. The Morgan fingerprint density at radius 1 is 1.07 bits per heavy atom. The minimum Gasteiger partial charge on any atom is -0.300 e. The van der Waals surface area contributed by atoms with Gasteiger partial charge >= 0.3 is 5.69 Å². The molecule has 0 spiro atoms. The van der Waals surface area contributed by atoms with E-state index >= 15 is 0 Å². The van der Waals surface area contributed by atoms with E-state index in [1.54, 1.807) is 19.2 Å². The van der Waals surface area contributed by atoms with Gasteiger partial charge in [0.25, 0.3) is 5.56 Å². The van der Waals surface area contributed by atoms with Crippen molar-refractivity contribution in [2.75, 3.05) is 13.1 Å². The van der Waals surface area contributed by atoms with Crippen molar-refractivity contribution in [3.05, 3.63) is 50.9 Å². The maximum Gasteiger partial charge on any atom is 0.330 e. The van der Waals surface area contributed by atoms with Gasteiger partial charge < -0.3 is 0 Å². The lowest BCUT2D eigenvalue weighted by Gasteiger charge is -2.25. The van der Waals surface area contributed by atoms with Gasteiger partial charge in [-0.3, -0.25) is 13.9 Å². The quantitative estimate of drug-likeness (QED) is 0.681. The normalized spacial score (nSPS) is 15.8. The van der Waals surface area contributed by atoms with Crippen molar-refractivity contribution in [3.63, 3.8) is 0 Å². The summed E-state index contributed by atoms with van der Waals surface area (Å²) in [5.74, 6) is 0.382. The maximum absolute atomic E-state index is 12.6. The van der Waals surface area contributed by atoms with E-state index < -0.39 is 10.0 Å². The largest absolute Gasteiger partial charge is 0.330 e. The molecule has 2 aromatic rings. The maximum atomic E-state index is 12.6. The van der Waals surface area contributed by atoms with Crippen LogP contribution in [0.2, 0.25) is 0 Å². The van der Waals surface area contributed by atoms with Gasteiger partial charge in [-0.05, 0) is 25.0 Å². The molecule has 2 aromatic heterocycles. The molecule has 10 heteroatoms. The first-order valence-electron chi connectivity index (χ1n) is 8.65. The molecule has 1 aliphatic rings. The lowest BCUT2D eigenvalue weighted by molar-refractivity contribution is 0.346. The fourth-order valence-corrected chi connectivity index (χ4v) is 5.25. The molecule has 0 unspecified atom stereocenters. The Balaban J connectivity index is 1.73. The minimum absolute atomic E-state index is 0.190. The average molecular weight is 411 g/mol. The molecule has 0 bridgehead atoms. The third kappa shape index (κ3) is 4.17. The van der Waals surface area contributed by atoms with E-state index in [0.29, 0.717) is 29.6 Å². The molecule has 3 rings (SSSR count). The van der Waals surface area contributed by atoms with E-state index in [2.05, 4.69) is 4.98 Å². The smallest absolute Gasteiger partial charge is 0.300 e. The Bertz CT molecular complexity index is 1040. The molecule has 3 heterocycles. The van der Waals surface area contributed by atoms with E-state index in [9.17, 15) is 18.0 Å². The predicted molar refractivity (Wildman–Crippen MR) is 103 cm³/mol. The molecule has 0 atom stereocenters. The van der Waals surface area contributed by atoms with Gasteiger partial charge in [-0.2, -0.15) is 4.31 Å². The van der Waals surface area contributed by atoms with Gasteiger partial charge in [0.1, 0.15) is 4.90 Å². The van der Waals surface area contributed by atoms with Crippen molar-refractivity contribution in [1.82, 2.24) is 18.4 Å². The van der Waals surface area contributed by atoms with Crippen LogP contribution in [-0.4, -0.2) is 39.9 Å². The molecule has 1 fully saturated rings. The van der Waals surface area contributed by atoms with Crippen LogP contribution in [0, 0.1) is 0 Å². The monoisotopic (exact) mass is 410 g/mol. The number of hydrogen-bond acceptors (Lipinski definition) is 6. The number of piperidine rings is 1. The second kappa shape index (κ2) is 7.99.